The Labute approximate surface area is 215 Å². The lowest BCUT2D eigenvalue weighted by atomic mass is 9.89. The number of nitrogens with zero attached hydrogens (tertiary/aromatic N) is 3. The zero-order valence-corrected chi connectivity index (χ0v) is 22.1. The summed E-state index contributed by atoms with van der Waals surface area (Å²) in [5.41, 5.74) is 9.91. The van der Waals surface area contributed by atoms with Crippen LogP contribution in [0.15, 0.2) is 66.0 Å². The molecule has 2 aromatic rings. The Morgan fingerprint density at radius 3 is 2.72 bits per heavy atom. The van der Waals surface area contributed by atoms with E-state index in [0.29, 0.717) is 24.1 Å². The molecule has 36 heavy (non-hydrogen) atoms. The van der Waals surface area contributed by atoms with Crippen LogP contribution in [0.25, 0.3) is 11.3 Å². The minimum Gasteiger partial charge on any atom is -0.485 e. The van der Waals surface area contributed by atoms with Crippen LogP contribution in [0.2, 0.25) is 0 Å². The van der Waals surface area contributed by atoms with Gasteiger partial charge < -0.3 is 20.5 Å². The molecular formula is C30H38N4O2. The normalized spacial score (nSPS) is 16.2. The van der Waals surface area contributed by atoms with Crippen LogP contribution in [0, 0.1) is 11.8 Å². The molecule has 6 heteroatoms. The Morgan fingerprint density at radius 2 is 2.03 bits per heavy atom. The van der Waals surface area contributed by atoms with Gasteiger partial charge >= 0.3 is 0 Å². The molecule has 0 aromatic carbocycles. The van der Waals surface area contributed by atoms with Crippen LogP contribution in [0.5, 0.6) is 5.75 Å². The topological polar surface area (TPSA) is 84.5 Å². The van der Waals surface area contributed by atoms with Crippen molar-refractivity contribution in [3.63, 3.8) is 0 Å². The number of nitrogens with two attached hydrogens (primary N) is 1. The molecule has 1 saturated heterocycles. The van der Waals surface area contributed by atoms with Gasteiger partial charge in [-0.05, 0) is 108 Å². The zero-order chi connectivity index (χ0) is 26.1. The first-order valence-corrected chi connectivity index (χ1v) is 12.4. The minimum absolute atomic E-state index is 0.296. The number of hydrogen-bond acceptors (Lipinski definition) is 6. The van der Waals surface area contributed by atoms with Crippen molar-refractivity contribution in [1.29, 1.82) is 0 Å². The number of aliphatic hydroxyl groups is 1. The van der Waals surface area contributed by atoms with E-state index in [0.717, 1.165) is 48.3 Å². The number of pyridine rings is 2. The van der Waals surface area contributed by atoms with Gasteiger partial charge in [-0.15, -0.1) is 0 Å². The zero-order valence-electron chi connectivity index (χ0n) is 22.1. The summed E-state index contributed by atoms with van der Waals surface area (Å²) in [6.07, 6.45) is 13.7. The van der Waals surface area contributed by atoms with Crippen molar-refractivity contribution in [3.05, 3.63) is 71.6 Å². The molecule has 0 spiro atoms. The first-order valence-electron chi connectivity index (χ1n) is 12.4. The van der Waals surface area contributed by atoms with Crippen LogP contribution in [0.4, 0.5) is 5.82 Å². The molecule has 6 nitrogen and oxygen atoms in total. The van der Waals surface area contributed by atoms with E-state index in [1.807, 2.05) is 50.4 Å². The van der Waals surface area contributed by atoms with E-state index < -0.39 is 5.60 Å². The number of anilines is 1. The molecule has 0 saturated carbocycles. The second-order valence-corrected chi connectivity index (χ2v) is 9.85. The third kappa shape index (κ3) is 8.37. The first-order chi connectivity index (χ1) is 17.1. The van der Waals surface area contributed by atoms with Crippen molar-refractivity contribution < 1.29 is 9.84 Å². The van der Waals surface area contributed by atoms with Crippen molar-refractivity contribution in [3.8, 4) is 28.8 Å². The summed E-state index contributed by atoms with van der Waals surface area (Å²) < 4.78 is 6.10. The van der Waals surface area contributed by atoms with Gasteiger partial charge in [0.1, 0.15) is 12.2 Å². The Kier molecular flexibility index (Phi) is 9.46. The largest absolute Gasteiger partial charge is 0.485 e. The molecule has 0 atom stereocenters. The van der Waals surface area contributed by atoms with Crippen LogP contribution >= 0.6 is 0 Å². The summed E-state index contributed by atoms with van der Waals surface area (Å²) >= 11 is 0. The fourth-order valence-corrected chi connectivity index (χ4v) is 4.00. The van der Waals surface area contributed by atoms with Crippen LogP contribution in [-0.4, -0.2) is 52.3 Å². The Bertz CT molecular complexity index is 1190. The van der Waals surface area contributed by atoms with Crippen molar-refractivity contribution in [1.82, 2.24) is 14.9 Å². The van der Waals surface area contributed by atoms with Gasteiger partial charge in [-0.2, -0.15) is 0 Å². The fraction of sp³-hybridized carbons (Fsp3) is 0.400. The third-order valence-electron chi connectivity index (χ3n) is 6.02. The average molecular weight is 487 g/mol. The predicted molar refractivity (Wildman–Crippen MR) is 148 cm³/mol. The lowest BCUT2D eigenvalue weighted by Crippen LogP contribution is -2.29. The maximum absolute atomic E-state index is 9.87. The highest BCUT2D eigenvalue weighted by atomic mass is 16.5. The molecule has 3 N–H and O–H groups in total. The lowest BCUT2D eigenvalue weighted by molar-refractivity contribution is 0.143. The van der Waals surface area contributed by atoms with Gasteiger partial charge in [0.25, 0.3) is 0 Å². The number of rotatable bonds is 7. The smallest absolute Gasteiger partial charge is 0.166 e. The molecule has 3 rings (SSSR count). The number of nitrogen functional groups attached to an aromatic ring is 1. The Hall–Kier alpha value is -3.40. The van der Waals surface area contributed by atoms with Gasteiger partial charge in [-0.3, -0.25) is 4.98 Å². The predicted octanol–water partition coefficient (Wildman–Crippen LogP) is 5.14. The number of likely N-dealkylation sites (tertiary alicyclic amines) is 1. The molecule has 1 fully saturated rings. The van der Waals surface area contributed by atoms with E-state index in [4.69, 9.17) is 10.5 Å². The van der Waals surface area contributed by atoms with Crippen LogP contribution in [-0.2, 0) is 0 Å². The number of allylic oxidation sites excluding steroid dienone is 4. The van der Waals surface area contributed by atoms with Crippen LogP contribution < -0.4 is 10.5 Å². The van der Waals surface area contributed by atoms with Gasteiger partial charge in [0.2, 0.25) is 0 Å². The molecule has 0 bridgehead atoms. The van der Waals surface area contributed by atoms with E-state index in [1.165, 1.54) is 5.56 Å². The quantitative estimate of drug-likeness (QED) is 0.417. The molecule has 2 aromatic heterocycles. The summed E-state index contributed by atoms with van der Waals surface area (Å²) in [5.74, 6) is 7.23. The van der Waals surface area contributed by atoms with Crippen molar-refractivity contribution in [2.75, 3.05) is 32.5 Å². The lowest BCUT2D eigenvalue weighted by Gasteiger charge is -2.29. The summed E-state index contributed by atoms with van der Waals surface area (Å²) in [6.45, 7) is 9.71. The number of aromatic nitrogens is 2. The summed E-state index contributed by atoms with van der Waals surface area (Å²) in [5, 5.41) is 9.87. The van der Waals surface area contributed by atoms with Gasteiger partial charge in [0, 0.05) is 18.0 Å². The molecule has 0 amide bonds. The van der Waals surface area contributed by atoms with Gasteiger partial charge in [-0.25, -0.2) is 4.98 Å². The molecule has 190 valence electrons. The number of ether oxygens (including phenoxy) is 1. The van der Waals surface area contributed by atoms with Crippen molar-refractivity contribution in [2.45, 2.75) is 52.1 Å². The molecule has 1 aliphatic heterocycles. The van der Waals surface area contributed by atoms with Gasteiger partial charge in [-0.1, -0.05) is 30.1 Å². The van der Waals surface area contributed by atoms with E-state index in [2.05, 4.69) is 45.9 Å². The summed E-state index contributed by atoms with van der Waals surface area (Å²) in [4.78, 5) is 11.3. The molecular weight excluding hydrogens is 448 g/mol. The molecule has 1 aliphatic rings. The Morgan fingerprint density at radius 1 is 1.28 bits per heavy atom. The number of hydrogen-bond donors (Lipinski definition) is 2. The van der Waals surface area contributed by atoms with Crippen molar-refractivity contribution >= 4 is 5.82 Å². The highest BCUT2D eigenvalue weighted by Gasteiger charge is 2.19. The summed E-state index contributed by atoms with van der Waals surface area (Å²) in [6, 6.07) is 6.19. The average Bonchev–Trinajstić information content (AvgIpc) is 2.85. The monoisotopic (exact) mass is 486 g/mol. The van der Waals surface area contributed by atoms with Crippen LogP contribution in [0.3, 0.4) is 0 Å². The minimum atomic E-state index is -1.04. The number of piperidine rings is 1. The fourth-order valence-electron chi connectivity index (χ4n) is 4.00. The van der Waals surface area contributed by atoms with Crippen molar-refractivity contribution in [2.24, 2.45) is 0 Å². The highest BCUT2D eigenvalue weighted by Crippen LogP contribution is 2.31. The summed E-state index contributed by atoms with van der Waals surface area (Å²) in [7, 11) is 2.18. The molecule has 0 radical (unpaired) electrons. The highest BCUT2D eigenvalue weighted by molar-refractivity contribution is 5.64. The maximum atomic E-state index is 9.87. The SMILES string of the molecule is C\C=C/C=C(\C=C(/C)C#CC(C)(C)O)COc1cc(-c2cc(C3CCN(C)CC3)ccn2)cnc1N. The molecule has 0 unspecified atom stereocenters. The van der Waals surface area contributed by atoms with Gasteiger partial charge in [0.05, 0.1) is 5.69 Å². The van der Waals surface area contributed by atoms with E-state index in [9.17, 15) is 5.11 Å². The second kappa shape index (κ2) is 12.5. The maximum Gasteiger partial charge on any atom is 0.166 e. The van der Waals surface area contributed by atoms with Crippen LogP contribution in [0.1, 0.15) is 52.0 Å². The molecule has 0 aliphatic carbocycles. The van der Waals surface area contributed by atoms with Gasteiger partial charge in [0.15, 0.2) is 11.6 Å². The molecule has 3 heterocycles. The van der Waals surface area contributed by atoms with E-state index in [1.54, 1.807) is 20.0 Å². The van der Waals surface area contributed by atoms with E-state index in [-0.39, 0.29) is 0 Å². The second-order valence-electron chi connectivity index (χ2n) is 9.85. The standard InChI is InChI=1S/C30H38N4O2/c1-6-7-8-23(17-22(2)9-13-30(3,4)35)21-36-28-19-26(20-33-29(28)31)27-18-25(10-14-32-27)24-11-15-34(5)16-12-24/h6-8,10,14,17-20,24,35H,11-12,15-16,21H2,1-5H3,(H2,31,33)/b7-6-,22-17+,23-8+. The Balaban J connectivity index is 1.79. The van der Waals surface area contributed by atoms with E-state index >= 15 is 0 Å². The first kappa shape index (κ1) is 27.2. The third-order valence-corrected chi connectivity index (χ3v) is 6.02.